The van der Waals surface area contributed by atoms with Crippen LogP contribution in [0.15, 0.2) is 12.1 Å². The molecule has 1 fully saturated rings. The number of hydrogen-bond acceptors (Lipinski definition) is 4. The molecular weight excluding hydrogens is 252 g/mol. The van der Waals surface area contributed by atoms with Gasteiger partial charge in [0.05, 0.1) is 0 Å². The summed E-state index contributed by atoms with van der Waals surface area (Å²) in [4.78, 5) is 14.3. The lowest BCUT2D eigenvalue weighted by molar-refractivity contribution is 0.0622. The first-order valence-corrected chi connectivity index (χ1v) is 7.48. The monoisotopic (exact) mass is 276 g/mol. The standard InChI is InChI=1S/C15H24N4O/c1-4-16-14-10-9-12(17-18-14)15(20)19(3)13-8-6-5-7-11(13)2/h9-11,13H,4-8H2,1-3H3,(H,16,18). The second kappa shape index (κ2) is 6.68. The highest BCUT2D eigenvalue weighted by molar-refractivity contribution is 5.92. The van der Waals surface area contributed by atoms with Gasteiger partial charge in [-0.05, 0) is 37.8 Å². The highest BCUT2D eigenvalue weighted by Gasteiger charge is 2.28. The summed E-state index contributed by atoms with van der Waals surface area (Å²) in [6.45, 7) is 5.02. The molecule has 0 saturated heterocycles. The highest BCUT2D eigenvalue weighted by atomic mass is 16.2. The summed E-state index contributed by atoms with van der Waals surface area (Å²) in [5.74, 6) is 1.24. The molecule has 1 heterocycles. The minimum atomic E-state index is -0.0284. The fourth-order valence-corrected chi connectivity index (χ4v) is 2.93. The summed E-state index contributed by atoms with van der Waals surface area (Å²) in [5.41, 5.74) is 0.423. The smallest absolute Gasteiger partial charge is 0.274 e. The van der Waals surface area contributed by atoms with Crippen LogP contribution in [0.3, 0.4) is 0 Å². The van der Waals surface area contributed by atoms with E-state index in [0.29, 0.717) is 23.5 Å². The minimum absolute atomic E-state index is 0.0284. The zero-order chi connectivity index (χ0) is 14.5. The zero-order valence-electron chi connectivity index (χ0n) is 12.6. The van der Waals surface area contributed by atoms with Crippen LogP contribution >= 0.6 is 0 Å². The van der Waals surface area contributed by atoms with Gasteiger partial charge in [0.1, 0.15) is 5.82 Å². The Bertz CT molecular complexity index is 446. The van der Waals surface area contributed by atoms with E-state index in [0.717, 1.165) is 13.0 Å². The van der Waals surface area contributed by atoms with Crippen molar-refractivity contribution in [2.24, 2.45) is 5.92 Å². The average molecular weight is 276 g/mol. The molecule has 0 radical (unpaired) electrons. The van der Waals surface area contributed by atoms with Gasteiger partial charge < -0.3 is 10.2 Å². The molecule has 1 aliphatic rings. The van der Waals surface area contributed by atoms with E-state index in [1.165, 1.54) is 19.3 Å². The first-order chi connectivity index (χ1) is 9.63. The Morgan fingerprint density at radius 2 is 2.10 bits per heavy atom. The summed E-state index contributed by atoms with van der Waals surface area (Å²) in [6, 6.07) is 3.88. The van der Waals surface area contributed by atoms with Crippen LogP contribution in [0.1, 0.15) is 50.0 Å². The lowest BCUT2D eigenvalue weighted by Crippen LogP contribution is -2.43. The molecule has 1 saturated carbocycles. The summed E-state index contributed by atoms with van der Waals surface area (Å²) < 4.78 is 0. The van der Waals surface area contributed by atoms with Crippen molar-refractivity contribution >= 4 is 11.7 Å². The molecule has 110 valence electrons. The van der Waals surface area contributed by atoms with Crippen molar-refractivity contribution in [2.45, 2.75) is 45.6 Å². The second-order valence-electron chi connectivity index (χ2n) is 5.58. The van der Waals surface area contributed by atoms with E-state index in [1.807, 2.05) is 24.9 Å². The van der Waals surface area contributed by atoms with Crippen LogP contribution in [0, 0.1) is 5.92 Å². The van der Waals surface area contributed by atoms with Crippen LogP contribution in [0.5, 0.6) is 0 Å². The van der Waals surface area contributed by atoms with Crippen molar-refractivity contribution in [3.8, 4) is 0 Å². The Hall–Kier alpha value is -1.65. The normalized spacial score (nSPS) is 22.4. The Balaban J connectivity index is 2.05. The number of carbonyl (C=O) groups is 1. The maximum absolute atomic E-state index is 12.5. The SMILES string of the molecule is CCNc1ccc(C(=O)N(C)C2CCCCC2C)nn1. The second-order valence-corrected chi connectivity index (χ2v) is 5.58. The number of amides is 1. The average Bonchev–Trinajstić information content (AvgIpc) is 2.47. The highest BCUT2D eigenvalue weighted by Crippen LogP contribution is 2.28. The molecule has 1 aromatic heterocycles. The molecule has 0 aliphatic heterocycles. The summed E-state index contributed by atoms with van der Waals surface area (Å²) in [7, 11) is 1.88. The number of anilines is 1. The van der Waals surface area contributed by atoms with Gasteiger partial charge in [-0.25, -0.2) is 0 Å². The Morgan fingerprint density at radius 1 is 1.35 bits per heavy atom. The molecule has 1 aliphatic carbocycles. The molecule has 2 unspecified atom stereocenters. The molecule has 0 aromatic carbocycles. The third kappa shape index (κ3) is 3.26. The van der Waals surface area contributed by atoms with E-state index >= 15 is 0 Å². The van der Waals surface area contributed by atoms with E-state index < -0.39 is 0 Å². The van der Waals surface area contributed by atoms with Crippen LogP contribution in [0.25, 0.3) is 0 Å². The van der Waals surface area contributed by atoms with E-state index in [1.54, 1.807) is 6.07 Å². The zero-order valence-corrected chi connectivity index (χ0v) is 12.6. The number of aromatic nitrogens is 2. The summed E-state index contributed by atoms with van der Waals surface area (Å²) in [6.07, 6.45) is 4.77. The van der Waals surface area contributed by atoms with Gasteiger partial charge in [-0.15, -0.1) is 10.2 Å². The molecule has 0 spiro atoms. The number of nitrogens with zero attached hydrogens (tertiary/aromatic N) is 3. The van der Waals surface area contributed by atoms with E-state index in [2.05, 4.69) is 22.4 Å². The lowest BCUT2D eigenvalue weighted by Gasteiger charge is -2.36. The molecule has 1 amide bonds. The Kier molecular flexibility index (Phi) is 4.93. The lowest BCUT2D eigenvalue weighted by atomic mass is 9.85. The van der Waals surface area contributed by atoms with Gasteiger partial charge in [-0.1, -0.05) is 19.8 Å². The first kappa shape index (κ1) is 14.8. The van der Waals surface area contributed by atoms with Crippen LogP contribution in [0.2, 0.25) is 0 Å². The van der Waals surface area contributed by atoms with Gasteiger partial charge in [-0.3, -0.25) is 4.79 Å². The van der Waals surface area contributed by atoms with Crippen molar-refractivity contribution < 1.29 is 4.79 Å². The quantitative estimate of drug-likeness (QED) is 0.918. The van der Waals surface area contributed by atoms with Gasteiger partial charge in [0.25, 0.3) is 5.91 Å². The largest absolute Gasteiger partial charge is 0.369 e. The van der Waals surface area contributed by atoms with E-state index in [4.69, 9.17) is 0 Å². The number of hydrogen-bond donors (Lipinski definition) is 1. The first-order valence-electron chi connectivity index (χ1n) is 7.48. The van der Waals surface area contributed by atoms with Crippen molar-refractivity contribution in [2.75, 3.05) is 18.9 Å². The predicted octanol–water partition coefficient (Wildman–Crippen LogP) is 2.56. The Labute approximate surface area is 120 Å². The molecule has 0 bridgehead atoms. The molecular formula is C15H24N4O. The maximum atomic E-state index is 12.5. The van der Waals surface area contributed by atoms with Crippen LogP contribution in [0.4, 0.5) is 5.82 Å². The molecule has 1 N–H and O–H groups in total. The van der Waals surface area contributed by atoms with Gasteiger partial charge >= 0.3 is 0 Å². The van der Waals surface area contributed by atoms with Crippen molar-refractivity contribution in [3.63, 3.8) is 0 Å². The summed E-state index contributed by atoms with van der Waals surface area (Å²) in [5, 5.41) is 11.1. The topological polar surface area (TPSA) is 58.1 Å². The fourth-order valence-electron chi connectivity index (χ4n) is 2.93. The minimum Gasteiger partial charge on any atom is -0.369 e. The molecule has 20 heavy (non-hydrogen) atoms. The molecule has 2 rings (SSSR count). The molecule has 5 heteroatoms. The fraction of sp³-hybridized carbons (Fsp3) is 0.667. The van der Waals surface area contributed by atoms with Gasteiger partial charge in [-0.2, -0.15) is 0 Å². The van der Waals surface area contributed by atoms with Crippen molar-refractivity contribution in [3.05, 3.63) is 17.8 Å². The summed E-state index contributed by atoms with van der Waals surface area (Å²) >= 11 is 0. The molecule has 1 aromatic rings. The van der Waals surface area contributed by atoms with Crippen molar-refractivity contribution in [1.82, 2.24) is 15.1 Å². The van der Waals surface area contributed by atoms with E-state index in [-0.39, 0.29) is 5.91 Å². The van der Waals surface area contributed by atoms with Crippen molar-refractivity contribution in [1.29, 1.82) is 0 Å². The van der Waals surface area contributed by atoms with Crippen LogP contribution < -0.4 is 5.32 Å². The third-order valence-electron chi connectivity index (χ3n) is 4.13. The Morgan fingerprint density at radius 3 is 2.70 bits per heavy atom. The predicted molar refractivity (Wildman–Crippen MR) is 79.7 cm³/mol. The molecule has 2 atom stereocenters. The maximum Gasteiger partial charge on any atom is 0.274 e. The number of rotatable bonds is 4. The third-order valence-corrected chi connectivity index (χ3v) is 4.13. The van der Waals surface area contributed by atoms with Crippen LogP contribution in [-0.2, 0) is 0 Å². The van der Waals surface area contributed by atoms with Gasteiger partial charge in [0, 0.05) is 19.6 Å². The number of carbonyl (C=O) groups excluding carboxylic acids is 1. The number of nitrogens with one attached hydrogen (secondary N) is 1. The van der Waals surface area contributed by atoms with Gasteiger partial charge in [0.15, 0.2) is 5.69 Å². The molecule has 5 nitrogen and oxygen atoms in total. The van der Waals surface area contributed by atoms with E-state index in [9.17, 15) is 4.79 Å². The van der Waals surface area contributed by atoms with Crippen LogP contribution in [-0.4, -0.2) is 40.6 Å². The van der Waals surface area contributed by atoms with Gasteiger partial charge in [0.2, 0.25) is 0 Å².